The van der Waals surface area contributed by atoms with Gasteiger partial charge < -0.3 is 24.6 Å². The molecular weight excluding hydrogens is 428 g/mol. The Morgan fingerprint density at radius 3 is 2.03 bits per heavy atom. The van der Waals surface area contributed by atoms with Gasteiger partial charge in [-0.25, -0.2) is 19.4 Å². The molecule has 2 aromatic carbocycles. The average molecular weight is 454 g/mol. The van der Waals surface area contributed by atoms with Gasteiger partial charge in [-0.15, -0.1) is 0 Å². The second kappa shape index (κ2) is 12.2. The van der Waals surface area contributed by atoms with Gasteiger partial charge in [-0.2, -0.15) is 0 Å². The standard InChI is InChI=1S/C14H18O5.C10H8N2O2/c1-9-11(13(15)16)7-10(5-3-4-6-19-2)8-12(9)14(17)18;13-10(14)9-6-12(7-11-9)8-4-2-1-3-5-8/h7-8H,3-6H2,1-2H3,(H,15,16)(H,17,18);1-7H,(H,13,14). The molecular formula is C24H26N2O7. The maximum atomic E-state index is 11.1. The minimum absolute atomic E-state index is 0.0499. The first kappa shape index (κ1) is 25.3. The monoisotopic (exact) mass is 454 g/mol. The van der Waals surface area contributed by atoms with Crippen molar-refractivity contribution in [3.05, 3.63) is 82.9 Å². The van der Waals surface area contributed by atoms with Crippen LogP contribution < -0.4 is 0 Å². The molecule has 1 aromatic heterocycles. The molecule has 9 heteroatoms. The van der Waals surface area contributed by atoms with Crippen LogP contribution in [-0.2, 0) is 11.2 Å². The van der Waals surface area contributed by atoms with Gasteiger partial charge in [-0.05, 0) is 61.6 Å². The number of imidazole rings is 1. The van der Waals surface area contributed by atoms with Gasteiger partial charge in [0.2, 0.25) is 0 Å². The van der Waals surface area contributed by atoms with Crippen LogP contribution in [0.3, 0.4) is 0 Å². The van der Waals surface area contributed by atoms with Crippen LogP contribution in [0.5, 0.6) is 0 Å². The smallest absolute Gasteiger partial charge is 0.356 e. The van der Waals surface area contributed by atoms with Crippen molar-refractivity contribution in [3.63, 3.8) is 0 Å². The van der Waals surface area contributed by atoms with Gasteiger partial charge in [0.05, 0.1) is 11.1 Å². The second-order valence-corrected chi connectivity index (χ2v) is 7.18. The molecule has 0 fully saturated rings. The lowest BCUT2D eigenvalue weighted by molar-refractivity contribution is 0.0678. The molecule has 1 heterocycles. The molecule has 0 atom stereocenters. The van der Waals surface area contributed by atoms with Gasteiger partial charge in [-0.3, -0.25) is 0 Å². The maximum absolute atomic E-state index is 11.1. The van der Waals surface area contributed by atoms with Crippen LogP contribution in [0.1, 0.15) is 55.2 Å². The Bertz CT molecular complexity index is 1070. The third-order valence-electron chi connectivity index (χ3n) is 4.85. The van der Waals surface area contributed by atoms with E-state index in [-0.39, 0.29) is 16.8 Å². The number of hydrogen-bond donors (Lipinski definition) is 3. The zero-order valence-electron chi connectivity index (χ0n) is 18.4. The van der Waals surface area contributed by atoms with Crippen molar-refractivity contribution in [2.24, 2.45) is 0 Å². The lowest BCUT2D eigenvalue weighted by Crippen LogP contribution is -2.09. The molecule has 33 heavy (non-hydrogen) atoms. The summed E-state index contributed by atoms with van der Waals surface area (Å²) in [4.78, 5) is 36.5. The van der Waals surface area contributed by atoms with Crippen LogP contribution in [0, 0.1) is 6.92 Å². The average Bonchev–Trinajstić information content (AvgIpc) is 3.29. The maximum Gasteiger partial charge on any atom is 0.356 e. The van der Waals surface area contributed by atoms with Gasteiger partial charge in [0.15, 0.2) is 5.69 Å². The number of unbranched alkanes of at least 4 members (excludes halogenated alkanes) is 1. The zero-order valence-corrected chi connectivity index (χ0v) is 18.4. The number of carbonyl (C=O) groups is 3. The number of aromatic nitrogens is 2. The highest BCUT2D eigenvalue weighted by molar-refractivity contribution is 5.96. The molecule has 0 saturated heterocycles. The van der Waals surface area contributed by atoms with Crippen molar-refractivity contribution < 1.29 is 34.4 Å². The Morgan fingerprint density at radius 2 is 1.55 bits per heavy atom. The third-order valence-corrected chi connectivity index (χ3v) is 4.85. The number of carboxylic acid groups (broad SMARTS) is 3. The number of para-hydroxylation sites is 1. The Labute approximate surface area is 190 Å². The largest absolute Gasteiger partial charge is 0.478 e. The van der Waals surface area contributed by atoms with Crippen LogP contribution in [-0.4, -0.2) is 56.5 Å². The van der Waals surface area contributed by atoms with Crippen molar-refractivity contribution in [2.75, 3.05) is 13.7 Å². The number of hydrogen-bond acceptors (Lipinski definition) is 5. The first-order valence-electron chi connectivity index (χ1n) is 10.2. The van der Waals surface area contributed by atoms with Crippen LogP contribution in [0.25, 0.3) is 5.69 Å². The van der Waals surface area contributed by atoms with E-state index in [1.165, 1.54) is 19.4 Å². The van der Waals surface area contributed by atoms with Crippen molar-refractivity contribution >= 4 is 17.9 Å². The summed E-state index contributed by atoms with van der Waals surface area (Å²) >= 11 is 0. The Kier molecular flexibility index (Phi) is 9.31. The highest BCUT2D eigenvalue weighted by Gasteiger charge is 2.16. The molecule has 0 amide bonds. The molecule has 0 bridgehead atoms. The highest BCUT2D eigenvalue weighted by Crippen LogP contribution is 2.19. The molecule has 174 valence electrons. The number of ether oxygens (including phenoxy) is 1. The minimum atomic E-state index is -1.10. The summed E-state index contributed by atoms with van der Waals surface area (Å²) in [6.45, 7) is 2.16. The molecule has 0 aliphatic heterocycles. The van der Waals surface area contributed by atoms with E-state index in [1.807, 2.05) is 30.3 Å². The summed E-state index contributed by atoms with van der Waals surface area (Å²) in [5.74, 6) is -3.21. The topological polar surface area (TPSA) is 139 Å². The number of benzene rings is 2. The quantitative estimate of drug-likeness (QED) is 0.413. The van der Waals surface area contributed by atoms with E-state index in [0.29, 0.717) is 18.6 Å². The molecule has 9 nitrogen and oxygen atoms in total. The van der Waals surface area contributed by atoms with Crippen molar-refractivity contribution in [3.8, 4) is 5.69 Å². The van der Waals surface area contributed by atoms with Crippen LogP contribution in [0.15, 0.2) is 55.0 Å². The lowest BCUT2D eigenvalue weighted by atomic mass is 9.96. The first-order valence-corrected chi connectivity index (χ1v) is 10.2. The van der Waals surface area contributed by atoms with E-state index < -0.39 is 17.9 Å². The Balaban J connectivity index is 0.000000243. The summed E-state index contributed by atoms with van der Waals surface area (Å²) in [5.41, 5.74) is 2.08. The predicted molar refractivity (Wildman–Crippen MR) is 120 cm³/mol. The SMILES string of the molecule is COCCCCc1cc(C(=O)O)c(C)c(C(=O)O)c1.O=C(O)c1cn(-c2ccccc2)cn1. The van der Waals surface area contributed by atoms with Crippen molar-refractivity contribution in [2.45, 2.75) is 26.2 Å². The van der Waals surface area contributed by atoms with Crippen molar-refractivity contribution in [1.29, 1.82) is 0 Å². The number of carboxylic acids is 3. The molecule has 0 aliphatic carbocycles. The van der Waals surface area contributed by atoms with Gasteiger partial charge in [0.1, 0.15) is 6.33 Å². The van der Waals surface area contributed by atoms with Gasteiger partial charge in [0.25, 0.3) is 0 Å². The number of nitrogens with zero attached hydrogens (tertiary/aromatic N) is 2. The number of rotatable bonds is 9. The summed E-state index contributed by atoms with van der Waals surface area (Å²) < 4.78 is 6.60. The molecule has 3 N–H and O–H groups in total. The van der Waals surface area contributed by atoms with Gasteiger partial charge in [0, 0.05) is 25.6 Å². The lowest BCUT2D eigenvalue weighted by Gasteiger charge is -2.09. The summed E-state index contributed by atoms with van der Waals surface area (Å²) in [6.07, 6.45) is 5.30. The van der Waals surface area contributed by atoms with E-state index in [2.05, 4.69) is 4.98 Å². The number of methoxy groups -OCH3 is 1. The van der Waals surface area contributed by atoms with Crippen LogP contribution >= 0.6 is 0 Å². The Hall–Kier alpha value is -3.98. The van der Waals surface area contributed by atoms with E-state index >= 15 is 0 Å². The summed E-state index contributed by atoms with van der Waals surface area (Å²) in [6, 6.07) is 12.5. The van der Waals surface area contributed by atoms with E-state index in [1.54, 1.807) is 23.8 Å². The Morgan fingerprint density at radius 1 is 0.939 bits per heavy atom. The third kappa shape index (κ3) is 7.29. The van der Waals surface area contributed by atoms with Gasteiger partial charge >= 0.3 is 17.9 Å². The zero-order chi connectivity index (χ0) is 24.4. The van der Waals surface area contributed by atoms with Crippen LogP contribution in [0.4, 0.5) is 0 Å². The molecule has 0 saturated carbocycles. The fourth-order valence-electron chi connectivity index (χ4n) is 3.11. The van der Waals surface area contributed by atoms with Gasteiger partial charge in [-0.1, -0.05) is 18.2 Å². The van der Waals surface area contributed by atoms with E-state index in [9.17, 15) is 14.4 Å². The van der Waals surface area contributed by atoms with Crippen LogP contribution in [0.2, 0.25) is 0 Å². The number of aryl methyl sites for hydroxylation is 1. The molecule has 0 radical (unpaired) electrons. The molecule has 0 spiro atoms. The summed E-state index contributed by atoms with van der Waals surface area (Å²) in [5, 5.41) is 26.9. The second-order valence-electron chi connectivity index (χ2n) is 7.18. The normalized spacial score (nSPS) is 10.2. The van der Waals surface area contributed by atoms with E-state index in [4.69, 9.17) is 20.1 Å². The van der Waals surface area contributed by atoms with Crippen molar-refractivity contribution in [1.82, 2.24) is 9.55 Å². The predicted octanol–water partition coefficient (Wildman–Crippen LogP) is 3.93. The number of aromatic carboxylic acids is 3. The molecule has 3 rings (SSSR count). The molecule has 0 aliphatic rings. The van der Waals surface area contributed by atoms with E-state index in [0.717, 1.165) is 24.1 Å². The fourth-order valence-corrected chi connectivity index (χ4v) is 3.11. The highest BCUT2D eigenvalue weighted by atomic mass is 16.5. The molecule has 0 unspecified atom stereocenters. The molecule has 3 aromatic rings. The summed E-state index contributed by atoms with van der Waals surface area (Å²) in [7, 11) is 1.62. The fraction of sp³-hybridized carbons (Fsp3) is 0.250. The first-order chi connectivity index (χ1) is 15.7. The minimum Gasteiger partial charge on any atom is -0.478 e.